The third kappa shape index (κ3) is 8.07. The molecule has 9 nitrogen and oxygen atoms in total. The number of nitrogens with one attached hydrogen (secondary N) is 1. The van der Waals surface area contributed by atoms with Crippen molar-refractivity contribution in [2.45, 2.75) is 69.5 Å². The van der Waals surface area contributed by atoms with Gasteiger partial charge in [0.1, 0.15) is 24.1 Å². The Labute approximate surface area is 254 Å². The molecule has 1 aliphatic carbocycles. The first-order chi connectivity index (χ1) is 20.7. The number of amides is 2. The second-order valence-corrected chi connectivity index (χ2v) is 12.5. The maximum absolute atomic E-state index is 14.2. The van der Waals surface area contributed by atoms with Crippen molar-refractivity contribution in [1.82, 2.24) is 10.2 Å². The number of hydrogen-bond donors (Lipinski definition) is 1. The molecule has 0 aromatic heterocycles. The van der Waals surface area contributed by atoms with Gasteiger partial charge in [0, 0.05) is 12.6 Å². The van der Waals surface area contributed by atoms with E-state index < -0.39 is 28.5 Å². The van der Waals surface area contributed by atoms with Crippen LogP contribution in [0.1, 0.15) is 51.5 Å². The smallest absolute Gasteiger partial charge is 0.264 e. The van der Waals surface area contributed by atoms with Gasteiger partial charge in [-0.25, -0.2) is 8.42 Å². The van der Waals surface area contributed by atoms with Gasteiger partial charge in [-0.2, -0.15) is 0 Å². The van der Waals surface area contributed by atoms with E-state index in [1.165, 1.54) is 17.0 Å². The summed E-state index contributed by atoms with van der Waals surface area (Å²) in [6.07, 6.45) is 5.06. The molecule has 0 unspecified atom stereocenters. The van der Waals surface area contributed by atoms with Gasteiger partial charge in [-0.1, -0.05) is 61.7 Å². The van der Waals surface area contributed by atoms with E-state index >= 15 is 0 Å². The normalized spacial score (nSPS) is 14.4. The first-order valence-corrected chi connectivity index (χ1v) is 16.2. The number of para-hydroxylation sites is 2. The average Bonchev–Trinajstić information content (AvgIpc) is 3.03. The Morgan fingerprint density at radius 3 is 2.35 bits per heavy atom. The van der Waals surface area contributed by atoms with Crippen LogP contribution in [0.3, 0.4) is 0 Å². The molecule has 230 valence electrons. The molecule has 3 aromatic carbocycles. The highest BCUT2D eigenvalue weighted by atomic mass is 32.2. The monoisotopic (exact) mass is 607 g/mol. The van der Waals surface area contributed by atoms with Gasteiger partial charge in [-0.15, -0.1) is 0 Å². The summed E-state index contributed by atoms with van der Waals surface area (Å²) in [5.74, 6) is 0.151. The average molecular weight is 608 g/mol. The fraction of sp³-hybridized carbons (Fsp3) is 0.394. The molecular weight excluding hydrogens is 566 g/mol. The number of ether oxygens (including phenoxy) is 2. The van der Waals surface area contributed by atoms with E-state index in [4.69, 9.17) is 9.47 Å². The third-order valence-corrected chi connectivity index (χ3v) is 9.42. The number of anilines is 1. The minimum Gasteiger partial charge on any atom is -0.497 e. The number of benzene rings is 3. The molecule has 0 spiro atoms. The Morgan fingerprint density at radius 2 is 1.65 bits per heavy atom. The molecule has 1 fully saturated rings. The lowest BCUT2D eigenvalue weighted by atomic mass is 9.95. The molecule has 4 rings (SSSR count). The van der Waals surface area contributed by atoms with Crippen molar-refractivity contribution in [3.8, 4) is 11.5 Å². The molecule has 0 heterocycles. The SMILES string of the molecule is CCOc1ccccc1N(CC(=O)N(Cc1cccc(OC)c1)[C@@H](C)C(=O)NC1CCCCC1)S(=O)(=O)c1ccccc1. The summed E-state index contributed by atoms with van der Waals surface area (Å²) in [4.78, 5) is 29.2. The quantitative estimate of drug-likeness (QED) is 0.288. The zero-order valence-corrected chi connectivity index (χ0v) is 25.9. The molecule has 43 heavy (non-hydrogen) atoms. The van der Waals surface area contributed by atoms with E-state index in [2.05, 4.69) is 5.32 Å². The fourth-order valence-electron chi connectivity index (χ4n) is 5.29. The van der Waals surface area contributed by atoms with Crippen LogP contribution in [0, 0.1) is 0 Å². The van der Waals surface area contributed by atoms with E-state index in [0.717, 1.165) is 42.0 Å². The third-order valence-electron chi connectivity index (χ3n) is 7.65. The first-order valence-electron chi connectivity index (χ1n) is 14.8. The van der Waals surface area contributed by atoms with E-state index in [1.807, 2.05) is 12.1 Å². The van der Waals surface area contributed by atoms with Crippen LogP contribution < -0.4 is 19.1 Å². The predicted octanol–water partition coefficient (Wildman–Crippen LogP) is 5.16. The highest BCUT2D eigenvalue weighted by molar-refractivity contribution is 7.92. The van der Waals surface area contributed by atoms with Crippen molar-refractivity contribution >= 4 is 27.5 Å². The van der Waals surface area contributed by atoms with E-state index in [1.54, 1.807) is 75.6 Å². The topological polar surface area (TPSA) is 105 Å². The van der Waals surface area contributed by atoms with Gasteiger partial charge in [0.15, 0.2) is 0 Å². The summed E-state index contributed by atoms with van der Waals surface area (Å²) in [6.45, 7) is 3.35. The standard InChI is InChI=1S/C33H41N3O6S/c1-4-42-31-21-12-11-20-30(31)36(43(39,40)29-18-9-6-10-19-29)24-32(37)35(23-26-14-13-17-28(22-26)41-3)25(2)33(38)34-27-15-7-5-8-16-27/h6,9-14,17-22,25,27H,4-5,7-8,15-16,23-24H2,1-3H3,(H,34,38)/t25-/m0/s1. The van der Waals surface area contributed by atoms with Crippen molar-refractivity contribution in [2.24, 2.45) is 0 Å². The summed E-state index contributed by atoms with van der Waals surface area (Å²) in [5.41, 5.74) is 0.986. The van der Waals surface area contributed by atoms with E-state index in [0.29, 0.717) is 18.1 Å². The number of hydrogen-bond acceptors (Lipinski definition) is 6. The molecule has 1 saturated carbocycles. The maximum Gasteiger partial charge on any atom is 0.264 e. The van der Waals surface area contributed by atoms with Crippen molar-refractivity contribution in [1.29, 1.82) is 0 Å². The lowest BCUT2D eigenvalue weighted by Gasteiger charge is -2.33. The van der Waals surface area contributed by atoms with E-state index in [9.17, 15) is 18.0 Å². The molecule has 10 heteroatoms. The lowest BCUT2D eigenvalue weighted by Crippen LogP contribution is -2.53. The fourth-order valence-corrected chi connectivity index (χ4v) is 6.74. The first kappa shape index (κ1) is 31.9. The summed E-state index contributed by atoms with van der Waals surface area (Å²) >= 11 is 0. The van der Waals surface area contributed by atoms with Gasteiger partial charge >= 0.3 is 0 Å². The second kappa shape index (κ2) is 14.9. The number of carbonyl (C=O) groups is 2. The molecule has 1 atom stereocenters. The summed E-state index contributed by atoms with van der Waals surface area (Å²) in [5, 5.41) is 3.12. The molecule has 0 aliphatic heterocycles. The van der Waals surface area contributed by atoms with Gasteiger partial charge in [0.2, 0.25) is 11.8 Å². The predicted molar refractivity (Wildman–Crippen MR) is 167 cm³/mol. The zero-order chi connectivity index (χ0) is 30.8. The van der Waals surface area contributed by atoms with Crippen molar-refractivity contribution < 1.29 is 27.5 Å². The van der Waals surface area contributed by atoms with Crippen molar-refractivity contribution in [2.75, 3.05) is 24.6 Å². The Bertz CT molecular complexity index is 1470. The highest BCUT2D eigenvalue weighted by Crippen LogP contribution is 2.33. The summed E-state index contributed by atoms with van der Waals surface area (Å²) in [7, 11) is -2.63. The highest BCUT2D eigenvalue weighted by Gasteiger charge is 2.34. The molecule has 3 aromatic rings. The maximum atomic E-state index is 14.2. The van der Waals surface area contributed by atoms with Gasteiger partial charge in [-0.05, 0) is 68.7 Å². The molecular formula is C33H41N3O6S. The van der Waals surface area contributed by atoms with Crippen LogP contribution >= 0.6 is 0 Å². The Kier molecular flexibility index (Phi) is 11.1. The van der Waals surface area contributed by atoms with E-state index in [-0.39, 0.29) is 29.1 Å². The van der Waals surface area contributed by atoms with Crippen molar-refractivity contribution in [3.63, 3.8) is 0 Å². The van der Waals surface area contributed by atoms with Crippen LogP contribution in [0.5, 0.6) is 11.5 Å². The minimum absolute atomic E-state index is 0.0385. The van der Waals surface area contributed by atoms with Crippen LogP contribution in [0.2, 0.25) is 0 Å². The van der Waals surface area contributed by atoms with Gasteiger partial charge < -0.3 is 19.7 Å². The second-order valence-electron chi connectivity index (χ2n) is 10.6. The van der Waals surface area contributed by atoms with Crippen LogP contribution in [-0.4, -0.2) is 57.5 Å². The summed E-state index contributed by atoms with van der Waals surface area (Å²) < 4.78 is 40.3. The number of methoxy groups -OCH3 is 1. The molecule has 0 bridgehead atoms. The molecule has 2 amide bonds. The van der Waals surface area contributed by atoms with Crippen LogP contribution in [0.25, 0.3) is 0 Å². The number of rotatable bonds is 13. The Hall–Kier alpha value is -4.05. The molecule has 1 N–H and O–H groups in total. The molecule has 0 radical (unpaired) electrons. The van der Waals surface area contributed by atoms with Gasteiger partial charge in [0.25, 0.3) is 10.0 Å². The minimum atomic E-state index is -4.19. The number of carbonyl (C=O) groups excluding carboxylic acids is 2. The summed E-state index contributed by atoms with van der Waals surface area (Å²) in [6, 6.07) is 21.2. The van der Waals surface area contributed by atoms with Gasteiger partial charge in [-0.3, -0.25) is 13.9 Å². The largest absolute Gasteiger partial charge is 0.497 e. The Balaban J connectivity index is 1.71. The van der Waals surface area contributed by atoms with Crippen LogP contribution in [0.15, 0.2) is 83.8 Å². The molecule has 0 saturated heterocycles. The van der Waals surface area contributed by atoms with Crippen LogP contribution in [0.4, 0.5) is 5.69 Å². The molecule has 1 aliphatic rings. The van der Waals surface area contributed by atoms with Crippen molar-refractivity contribution in [3.05, 3.63) is 84.4 Å². The Morgan fingerprint density at radius 1 is 0.953 bits per heavy atom. The van der Waals surface area contributed by atoms with Crippen LogP contribution in [-0.2, 0) is 26.2 Å². The van der Waals surface area contributed by atoms with Gasteiger partial charge in [0.05, 0.1) is 24.3 Å². The number of sulfonamides is 1. The zero-order valence-electron chi connectivity index (χ0n) is 25.1. The lowest BCUT2D eigenvalue weighted by molar-refractivity contribution is -0.139. The number of nitrogens with zero attached hydrogens (tertiary/aromatic N) is 2.